The molecule has 0 bridgehead atoms. The van der Waals surface area contributed by atoms with E-state index in [1.807, 2.05) is 88.4 Å². The number of methoxy groups -OCH3 is 1. The molecule has 8 N–H and O–H groups in total. The first-order valence-electron chi connectivity index (χ1n) is 20.8. The van der Waals surface area contributed by atoms with Crippen molar-refractivity contribution in [3.63, 3.8) is 0 Å². The first-order chi connectivity index (χ1) is 31.1. The average molecular weight is 888 g/mol. The van der Waals surface area contributed by atoms with Crippen LogP contribution in [0, 0.1) is 0 Å². The number of nitrogens with zero attached hydrogens (tertiary/aromatic N) is 8. The van der Waals surface area contributed by atoms with Crippen LogP contribution in [0.5, 0.6) is 17.5 Å². The van der Waals surface area contributed by atoms with Crippen LogP contribution in [0.25, 0.3) is 33.5 Å². The van der Waals surface area contributed by atoms with E-state index in [0.29, 0.717) is 77.1 Å². The molecular weight excluding hydrogens is 839 g/mol. The van der Waals surface area contributed by atoms with Crippen LogP contribution in [0.2, 0.25) is 0 Å². The van der Waals surface area contributed by atoms with Gasteiger partial charge in [-0.2, -0.15) is 26.8 Å². The molecule has 2 amide bonds. The van der Waals surface area contributed by atoms with Crippen LogP contribution in [0.15, 0.2) is 90.0 Å². The van der Waals surface area contributed by atoms with Gasteiger partial charge in [-0.15, -0.1) is 0 Å². The summed E-state index contributed by atoms with van der Waals surface area (Å²) in [5.41, 5.74) is 22.8. The summed E-state index contributed by atoms with van der Waals surface area (Å²) in [4.78, 5) is 61.0. The van der Waals surface area contributed by atoms with Gasteiger partial charge in [0, 0.05) is 50.2 Å². The molecular formula is C44H49N13O6S. The summed E-state index contributed by atoms with van der Waals surface area (Å²) in [6, 6.07) is 23.9. The Hall–Kier alpha value is -7.03. The van der Waals surface area contributed by atoms with E-state index in [1.54, 1.807) is 7.11 Å². The molecule has 4 aromatic heterocycles. The third-order valence-corrected chi connectivity index (χ3v) is 11.9. The monoisotopic (exact) mass is 887 g/mol. The Balaban J connectivity index is 0.800. The first-order valence-corrected chi connectivity index (χ1v) is 22.0. The second kappa shape index (κ2) is 20.0. The highest BCUT2D eigenvalue weighted by Gasteiger charge is 2.29. The molecule has 0 radical (unpaired) electrons. The molecule has 1 saturated heterocycles. The number of nitrogens with two attached hydrogens (primary N) is 3. The van der Waals surface area contributed by atoms with Crippen LogP contribution >= 0.6 is 11.8 Å². The van der Waals surface area contributed by atoms with Crippen LogP contribution in [0.1, 0.15) is 36.4 Å². The predicted molar refractivity (Wildman–Crippen MR) is 244 cm³/mol. The molecule has 8 rings (SSSR count). The summed E-state index contributed by atoms with van der Waals surface area (Å²) < 4.78 is 19.8. The number of rotatable bonds is 18. The number of piperidine rings is 1. The minimum atomic E-state index is -0.755. The molecule has 1 fully saturated rings. The molecule has 332 valence electrons. The zero-order valence-electron chi connectivity index (χ0n) is 35.2. The van der Waals surface area contributed by atoms with E-state index in [0.717, 1.165) is 35.3 Å². The molecule has 3 aromatic carbocycles. The highest BCUT2D eigenvalue weighted by molar-refractivity contribution is 7.99. The zero-order chi connectivity index (χ0) is 44.6. The Labute approximate surface area is 371 Å². The van der Waals surface area contributed by atoms with Crippen molar-refractivity contribution in [3.8, 4) is 28.8 Å². The van der Waals surface area contributed by atoms with Gasteiger partial charge in [0.2, 0.25) is 11.8 Å². The lowest BCUT2D eigenvalue weighted by Gasteiger charge is -2.33. The quantitative estimate of drug-likeness (QED) is 0.0766. The van der Waals surface area contributed by atoms with E-state index in [2.05, 4.69) is 30.2 Å². The minimum absolute atomic E-state index is 0.0298. The lowest BCUT2D eigenvalue weighted by molar-refractivity contribution is -0.132. The van der Waals surface area contributed by atoms with Crippen molar-refractivity contribution < 1.29 is 23.8 Å². The van der Waals surface area contributed by atoms with Crippen molar-refractivity contribution >= 4 is 57.4 Å². The van der Waals surface area contributed by atoms with Crippen molar-refractivity contribution in [1.29, 1.82) is 0 Å². The molecule has 2 unspecified atom stereocenters. The molecule has 19 nitrogen and oxygen atoms in total. The number of carbonyl (C=O) groups excluding carboxylic acids is 2. The van der Waals surface area contributed by atoms with E-state index in [4.69, 9.17) is 36.5 Å². The van der Waals surface area contributed by atoms with Crippen molar-refractivity contribution in [2.75, 3.05) is 56.4 Å². The number of benzene rings is 3. The van der Waals surface area contributed by atoms with Crippen LogP contribution in [0.3, 0.4) is 0 Å². The molecule has 64 heavy (non-hydrogen) atoms. The van der Waals surface area contributed by atoms with Crippen molar-refractivity contribution in [1.82, 2.24) is 49.5 Å². The zero-order valence-corrected chi connectivity index (χ0v) is 36.0. The number of H-pyrrole nitrogens is 1. The van der Waals surface area contributed by atoms with Gasteiger partial charge < -0.3 is 46.6 Å². The van der Waals surface area contributed by atoms with Gasteiger partial charge >= 0.3 is 11.7 Å². The molecule has 1 aliphatic rings. The van der Waals surface area contributed by atoms with Gasteiger partial charge in [0.05, 0.1) is 30.6 Å². The summed E-state index contributed by atoms with van der Waals surface area (Å²) in [7, 11) is 1.55. The van der Waals surface area contributed by atoms with Gasteiger partial charge in [-0.1, -0.05) is 42.5 Å². The average Bonchev–Trinajstić information content (AvgIpc) is 3.86. The van der Waals surface area contributed by atoms with Crippen molar-refractivity contribution in [3.05, 3.63) is 107 Å². The number of ether oxygens (including phenoxy) is 3. The second-order valence-corrected chi connectivity index (χ2v) is 16.4. The Bertz CT molecular complexity index is 2780. The third-order valence-electron chi connectivity index (χ3n) is 10.8. The number of nitrogens with one attached hydrogen (secondary N) is 2. The van der Waals surface area contributed by atoms with Crippen LogP contribution < -0.4 is 37.7 Å². The summed E-state index contributed by atoms with van der Waals surface area (Å²) >= 11 is 1.47. The van der Waals surface area contributed by atoms with Gasteiger partial charge in [0.1, 0.15) is 41.5 Å². The maximum atomic E-state index is 13.5. The number of carbonyl (C=O) groups is 2. The number of amides is 2. The largest absolute Gasteiger partial charge is 0.461 e. The first kappa shape index (κ1) is 43.6. The predicted octanol–water partition coefficient (Wildman–Crippen LogP) is 3.89. The smallest absolute Gasteiger partial charge is 0.328 e. The number of imidazole rings is 1. The maximum Gasteiger partial charge on any atom is 0.328 e. The summed E-state index contributed by atoms with van der Waals surface area (Å²) in [6.45, 7) is 2.19. The van der Waals surface area contributed by atoms with E-state index < -0.39 is 6.04 Å². The van der Waals surface area contributed by atoms with Gasteiger partial charge in [-0.3, -0.25) is 14.2 Å². The number of fused-ring (bicyclic) bond motifs is 2. The normalized spacial score (nSPS) is 14.5. The number of hydrogen-bond donors (Lipinski definition) is 5. The van der Waals surface area contributed by atoms with Gasteiger partial charge in [-0.25, -0.2) is 19.4 Å². The fourth-order valence-electron chi connectivity index (χ4n) is 7.47. The van der Waals surface area contributed by atoms with Crippen LogP contribution in [0.4, 0.5) is 11.6 Å². The Kier molecular flexibility index (Phi) is 13.6. The Morgan fingerprint density at radius 1 is 0.938 bits per heavy atom. The van der Waals surface area contributed by atoms with E-state index in [-0.39, 0.29) is 55.1 Å². The third kappa shape index (κ3) is 10.1. The Morgan fingerprint density at radius 2 is 1.70 bits per heavy atom. The van der Waals surface area contributed by atoms with Gasteiger partial charge in [-0.05, 0) is 60.4 Å². The van der Waals surface area contributed by atoms with Crippen LogP contribution in [-0.2, 0) is 27.4 Å². The molecule has 2 atom stereocenters. The number of nitrogen functional groups attached to an aromatic ring is 2. The highest BCUT2D eigenvalue weighted by Crippen LogP contribution is 2.35. The van der Waals surface area contributed by atoms with E-state index in [9.17, 15) is 14.4 Å². The lowest BCUT2D eigenvalue weighted by Crippen LogP contribution is -2.42. The topological polar surface area (TPSA) is 262 Å². The molecule has 0 spiro atoms. The van der Waals surface area contributed by atoms with E-state index >= 15 is 0 Å². The lowest BCUT2D eigenvalue weighted by atomic mass is 10.1. The maximum absolute atomic E-state index is 13.5. The standard InChI is InChI=1S/C44H49N13O6S/c1-61-19-20-62-43-52-39(47)37-41(53-43)56(44(60)51-37)23-28-11-9-27(10-12-28)22-48-42(59)33(45)25-64-21-17-34(58)55-18-5-6-30(24-55)57-40-35(38(46)49-26-50-40)36(54-57)29-13-15-32(16-14-29)63-31-7-3-2-4-8-31/h2-4,7-16,26,30,33H,5-6,17-25,45H2,1H3,(H,48,59)(H,51,60)(H2,46,49,50)(H2,47,52,53). The molecule has 5 heterocycles. The molecule has 1 aliphatic heterocycles. The van der Waals surface area contributed by atoms with Crippen LogP contribution in [-0.4, -0.2) is 107 Å². The molecule has 7 aromatic rings. The Morgan fingerprint density at radius 3 is 2.48 bits per heavy atom. The van der Waals surface area contributed by atoms with Crippen molar-refractivity contribution in [2.45, 2.75) is 44.4 Å². The number of anilines is 2. The van der Waals surface area contributed by atoms with Gasteiger partial charge in [0.25, 0.3) is 0 Å². The van der Waals surface area contributed by atoms with Gasteiger partial charge in [0.15, 0.2) is 17.1 Å². The summed E-state index contributed by atoms with van der Waals surface area (Å²) in [6.07, 6.45) is 3.38. The summed E-state index contributed by atoms with van der Waals surface area (Å²) in [5.74, 6) is 2.48. The number of thioether (sulfide) groups is 1. The molecule has 0 saturated carbocycles. The fourth-order valence-corrected chi connectivity index (χ4v) is 8.36. The van der Waals surface area contributed by atoms with E-state index in [1.165, 1.54) is 22.7 Å². The number of aromatic nitrogens is 8. The molecule has 20 heteroatoms. The number of para-hydroxylation sites is 1. The minimum Gasteiger partial charge on any atom is -0.461 e. The number of aromatic amines is 1. The fraction of sp³-hybridized carbons (Fsp3) is 0.318. The second-order valence-electron chi connectivity index (χ2n) is 15.2. The highest BCUT2D eigenvalue weighted by atomic mass is 32.2. The number of hydrogen-bond acceptors (Lipinski definition) is 15. The van der Waals surface area contributed by atoms with Crippen molar-refractivity contribution in [2.24, 2.45) is 5.73 Å². The molecule has 0 aliphatic carbocycles. The SMILES string of the molecule is COCCOc1nc(N)c2[nH]c(=O)n(Cc3ccc(CNC(=O)C(N)CSCCC(=O)N4CCCC(n5nc(-c6ccc(Oc7ccccc7)cc6)c6c(N)ncnc65)C4)cc3)c2n1. The summed E-state index contributed by atoms with van der Waals surface area (Å²) in [5, 5.41) is 8.57. The number of likely N-dealkylation sites (tertiary alicyclic amines) is 1.